The van der Waals surface area contributed by atoms with Crippen molar-refractivity contribution in [3.05, 3.63) is 49.9 Å². The van der Waals surface area contributed by atoms with E-state index in [1.165, 1.54) is 0 Å². The summed E-state index contributed by atoms with van der Waals surface area (Å²) < 4.78 is 7.11. The van der Waals surface area contributed by atoms with Crippen molar-refractivity contribution in [2.45, 2.75) is 13.5 Å². The molecule has 0 amide bonds. The number of hydrogen-bond acceptors (Lipinski definition) is 3. The number of nitrogens with one attached hydrogen (secondary N) is 1. The van der Waals surface area contributed by atoms with Crippen molar-refractivity contribution in [1.29, 1.82) is 0 Å². The van der Waals surface area contributed by atoms with Crippen LogP contribution in [0.25, 0.3) is 0 Å². The van der Waals surface area contributed by atoms with Gasteiger partial charge < -0.3 is 15.2 Å². The molecule has 0 aliphatic heterocycles. The molecule has 6 heteroatoms. The Labute approximate surface area is 145 Å². The Hall–Kier alpha value is -0.910. The SMILES string of the molecule is CCOc1c(Br)cc(Cl)cc1NCc1ccc(O)c(Br)c1. The van der Waals surface area contributed by atoms with Gasteiger partial charge in [0.1, 0.15) is 5.75 Å². The summed E-state index contributed by atoms with van der Waals surface area (Å²) in [5.74, 6) is 0.957. The van der Waals surface area contributed by atoms with Gasteiger partial charge in [-0.25, -0.2) is 0 Å². The highest BCUT2D eigenvalue weighted by Gasteiger charge is 2.10. The van der Waals surface area contributed by atoms with Gasteiger partial charge in [0, 0.05) is 11.6 Å². The zero-order valence-electron chi connectivity index (χ0n) is 11.3. The van der Waals surface area contributed by atoms with Gasteiger partial charge in [0.05, 0.1) is 21.2 Å². The van der Waals surface area contributed by atoms with Crippen molar-refractivity contribution in [2.24, 2.45) is 0 Å². The van der Waals surface area contributed by atoms with Crippen LogP contribution in [-0.4, -0.2) is 11.7 Å². The lowest BCUT2D eigenvalue weighted by Gasteiger charge is -2.15. The van der Waals surface area contributed by atoms with Crippen LogP contribution in [0, 0.1) is 0 Å². The second kappa shape index (κ2) is 7.38. The van der Waals surface area contributed by atoms with E-state index in [1.54, 1.807) is 12.1 Å². The van der Waals surface area contributed by atoms with Crippen LogP contribution in [-0.2, 0) is 6.54 Å². The number of halogens is 3. The lowest BCUT2D eigenvalue weighted by molar-refractivity contribution is 0.339. The van der Waals surface area contributed by atoms with E-state index in [2.05, 4.69) is 37.2 Å². The average molecular weight is 436 g/mol. The fraction of sp³-hybridized carbons (Fsp3) is 0.200. The van der Waals surface area contributed by atoms with Crippen molar-refractivity contribution in [3.63, 3.8) is 0 Å². The minimum atomic E-state index is 0.222. The number of benzene rings is 2. The Morgan fingerprint density at radius 1 is 1.19 bits per heavy atom. The number of rotatable bonds is 5. The minimum Gasteiger partial charge on any atom is -0.507 e. The van der Waals surface area contributed by atoms with Gasteiger partial charge in [-0.1, -0.05) is 17.7 Å². The molecule has 0 radical (unpaired) electrons. The first-order valence-corrected chi connectivity index (χ1v) is 8.30. The second-order valence-electron chi connectivity index (χ2n) is 4.34. The largest absolute Gasteiger partial charge is 0.507 e. The van der Waals surface area contributed by atoms with Gasteiger partial charge in [-0.2, -0.15) is 0 Å². The van der Waals surface area contributed by atoms with E-state index < -0.39 is 0 Å². The predicted octanol–water partition coefficient (Wildman–Crippen LogP) is 5.58. The summed E-state index contributed by atoms with van der Waals surface area (Å²) in [4.78, 5) is 0. The molecule has 2 N–H and O–H groups in total. The number of aromatic hydroxyl groups is 1. The summed E-state index contributed by atoms with van der Waals surface area (Å²) in [6.45, 7) is 3.09. The van der Waals surface area contributed by atoms with Gasteiger partial charge in [-0.3, -0.25) is 0 Å². The standard InChI is InChI=1S/C15H14Br2ClNO2/c1-2-21-15-12(17)6-10(18)7-13(15)19-8-9-3-4-14(20)11(16)5-9/h3-7,19-20H,2,8H2,1H3. The van der Waals surface area contributed by atoms with Crippen LogP contribution < -0.4 is 10.1 Å². The highest BCUT2D eigenvalue weighted by Crippen LogP contribution is 2.37. The lowest BCUT2D eigenvalue weighted by Crippen LogP contribution is -2.03. The molecule has 112 valence electrons. The molecule has 0 saturated heterocycles. The summed E-state index contributed by atoms with van der Waals surface area (Å²) in [7, 11) is 0. The number of phenolic OH excluding ortho intramolecular Hbond substituents is 1. The fourth-order valence-corrected chi connectivity index (χ4v) is 3.19. The number of anilines is 1. The quantitative estimate of drug-likeness (QED) is 0.644. The van der Waals surface area contributed by atoms with Crippen LogP contribution in [0.15, 0.2) is 39.3 Å². The molecule has 0 unspecified atom stereocenters. The summed E-state index contributed by atoms with van der Waals surface area (Å²) in [5.41, 5.74) is 1.85. The summed E-state index contributed by atoms with van der Waals surface area (Å²) in [5, 5.41) is 13.4. The van der Waals surface area contributed by atoms with E-state index in [4.69, 9.17) is 16.3 Å². The second-order valence-corrected chi connectivity index (χ2v) is 6.48. The smallest absolute Gasteiger partial charge is 0.156 e. The molecule has 0 bridgehead atoms. The van der Waals surface area contributed by atoms with E-state index in [0.717, 1.165) is 21.5 Å². The van der Waals surface area contributed by atoms with Crippen LogP contribution in [0.3, 0.4) is 0 Å². The molecule has 3 nitrogen and oxygen atoms in total. The van der Waals surface area contributed by atoms with Gasteiger partial charge in [-0.15, -0.1) is 0 Å². The molecule has 0 saturated carbocycles. The molecule has 21 heavy (non-hydrogen) atoms. The molecule has 2 aromatic carbocycles. The van der Waals surface area contributed by atoms with Gasteiger partial charge in [-0.05, 0) is 68.6 Å². The number of hydrogen-bond donors (Lipinski definition) is 2. The zero-order valence-corrected chi connectivity index (χ0v) is 15.2. The average Bonchev–Trinajstić information content (AvgIpc) is 2.43. The van der Waals surface area contributed by atoms with E-state index in [1.807, 2.05) is 25.1 Å². The van der Waals surface area contributed by atoms with Gasteiger partial charge in [0.25, 0.3) is 0 Å². The van der Waals surface area contributed by atoms with Crippen LogP contribution in [0.4, 0.5) is 5.69 Å². The molecule has 2 aromatic rings. The third-order valence-corrected chi connectivity index (χ3v) is 4.23. The predicted molar refractivity (Wildman–Crippen MR) is 93.5 cm³/mol. The molecule has 0 aromatic heterocycles. The molecule has 2 rings (SSSR count). The summed E-state index contributed by atoms with van der Waals surface area (Å²) in [6.07, 6.45) is 0. The van der Waals surface area contributed by atoms with Gasteiger partial charge in [0.2, 0.25) is 0 Å². The Kier molecular flexibility index (Phi) is 5.79. The van der Waals surface area contributed by atoms with Crippen LogP contribution in [0.2, 0.25) is 5.02 Å². The van der Waals surface area contributed by atoms with Gasteiger partial charge in [0.15, 0.2) is 5.75 Å². The van der Waals surface area contributed by atoms with E-state index in [9.17, 15) is 5.11 Å². The van der Waals surface area contributed by atoms with Crippen molar-refractivity contribution in [1.82, 2.24) is 0 Å². The van der Waals surface area contributed by atoms with Gasteiger partial charge >= 0.3 is 0 Å². The Bertz CT molecular complexity index is 650. The Morgan fingerprint density at radius 2 is 1.95 bits per heavy atom. The van der Waals surface area contributed by atoms with Crippen molar-refractivity contribution >= 4 is 49.1 Å². The molecule has 0 heterocycles. The Balaban J connectivity index is 2.20. The third kappa shape index (κ3) is 4.28. The van der Waals surface area contributed by atoms with Crippen LogP contribution in [0.1, 0.15) is 12.5 Å². The fourth-order valence-electron chi connectivity index (χ4n) is 1.84. The third-order valence-electron chi connectivity index (χ3n) is 2.79. The van der Waals surface area contributed by atoms with Crippen LogP contribution >= 0.6 is 43.5 Å². The van der Waals surface area contributed by atoms with E-state index >= 15 is 0 Å². The first kappa shape index (κ1) is 16.5. The topological polar surface area (TPSA) is 41.5 Å². The lowest BCUT2D eigenvalue weighted by atomic mass is 10.2. The summed E-state index contributed by atoms with van der Waals surface area (Å²) >= 11 is 12.8. The van der Waals surface area contributed by atoms with Crippen LogP contribution in [0.5, 0.6) is 11.5 Å². The maximum absolute atomic E-state index is 9.50. The van der Waals surface area contributed by atoms with Crippen molar-refractivity contribution < 1.29 is 9.84 Å². The van der Waals surface area contributed by atoms with E-state index in [-0.39, 0.29) is 5.75 Å². The molecule has 0 spiro atoms. The maximum atomic E-state index is 9.50. The maximum Gasteiger partial charge on any atom is 0.156 e. The monoisotopic (exact) mass is 433 g/mol. The number of ether oxygens (including phenoxy) is 1. The normalized spacial score (nSPS) is 10.5. The highest BCUT2D eigenvalue weighted by atomic mass is 79.9. The molecular formula is C15H14Br2ClNO2. The van der Waals surface area contributed by atoms with Crippen molar-refractivity contribution in [2.75, 3.05) is 11.9 Å². The molecular weight excluding hydrogens is 421 g/mol. The highest BCUT2D eigenvalue weighted by molar-refractivity contribution is 9.10. The van der Waals surface area contributed by atoms with E-state index in [0.29, 0.717) is 22.6 Å². The first-order valence-electron chi connectivity index (χ1n) is 6.34. The first-order chi connectivity index (χ1) is 10.0. The minimum absolute atomic E-state index is 0.222. The molecule has 0 aliphatic carbocycles. The Morgan fingerprint density at radius 3 is 2.62 bits per heavy atom. The number of phenols is 1. The molecule has 0 atom stereocenters. The molecule has 0 fully saturated rings. The van der Waals surface area contributed by atoms with Crippen molar-refractivity contribution in [3.8, 4) is 11.5 Å². The molecule has 0 aliphatic rings. The zero-order chi connectivity index (χ0) is 15.4. The summed E-state index contributed by atoms with van der Waals surface area (Å²) in [6, 6.07) is 9.00.